The van der Waals surface area contributed by atoms with Gasteiger partial charge in [0.2, 0.25) is 0 Å². The molecule has 0 heterocycles. The zero-order valence-electron chi connectivity index (χ0n) is 14.3. The van der Waals surface area contributed by atoms with Crippen LogP contribution in [0.4, 0.5) is 4.79 Å². The van der Waals surface area contributed by atoms with Crippen LogP contribution in [0.1, 0.15) is 12.5 Å². The number of benzene rings is 2. The quantitative estimate of drug-likeness (QED) is 0.762. The Labute approximate surface area is 142 Å². The SMILES string of the molecule is CCOC(=O)N(C)CCOc1cc(C)ccc1Oc1ccccc1. The molecule has 5 nitrogen and oxygen atoms in total. The van der Waals surface area contributed by atoms with E-state index in [4.69, 9.17) is 14.2 Å². The summed E-state index contributed by atoms with van der Waals surface area (Å²) in [5.41, 5.74) is 1.07. The first-order valence-electron chi connectivity index (χ1n) is 7.94. The fourth-order valence-electron chi connectivity index (χ4n) is 2.05. The van der Waals surface area contributed by atoms with Crippen molar-refractivity contribution < 1.29 is 19.0 Å². The summed E-state index contributed by atoms with van der Waals surface area (Å²) in [5.74, 6) is 2.04. The fraction of sp³-hybridized carbons (Fsp3) is 0.316. The maximum Gasteiger partial charge on any atom is 0.409 e. The Morgan fingerprint density at radius 2 is 1.83 bits per heavy atom. The van der Waals surface area contributed by atoms with Crippen molar-refractivity contribution in [3.63, 3.8) is 0 Å². The Bertz CT molecular complexity index is 658. The van der Waals surface area contributed by atoms with Crippen LogP contribution in [-0.4, -0.2) is 37.8 Å². The normalized spacial score (nSPS) is 10.1. The van der Waals surface area contributed by atoms with Gasteiger partial charge < -0.3 is 19.1 Å². The van der Waals surface area contributed by atoms with Gasteiger partial charge in [0.05, 0.1) is 13.2 Å². The summed E-state index contributed by atoms with van der Waals surface area (Å²) in [6, 6.07) is 15.3. The Balaban J connectivity index is 1.99. The molecule has 0 radical (unpaired) electrons. The average molecular weight is 329 g/mol. The molecule has 1 amide bonds. The zero-order valence-corrected chi connectivity index (χ0v) is 14.3. The summed E-state index contributed by atoms with van der Waals surface area (Å²) in [6.07, 6.45) is -0.355. The third-order valence-corrected chi connectivity index (χ3v) is 3.33. The molecule has 0 aliphatic rings. The van der Waals surface area contributed by atoms with Crippen LogP contribution in [0, 0.1) is 6.92 Å². The van der Waals surface area contributed by atoms with Crippen molar-refractivity contribution in [1.29, 1.82) is 0 Å². The van der Waals surface area contributed by atoms with Gasteiger partial charge in [-0.25, -0.2) is 4.79 Å². The molecule has 2 rings (SSSR count). The second-order valence-corrected chi connectivity index (χ2v) is 5.33. The van der Waals surface area contributed by atoms with Gasteiger partial charge in [0.15, 0.2) is 11.5 Å². The van der Waals surface area contributed by atoms with Crippen LogP contribution in [0.2, 0.25) is 0 Å². The number of carbonyl (C=O) groups excluding carboxylic acids is 1. The molecule has 128 valence electrons. The molecule has 0 N–H and O–H groups in total. The Morgan fingerprint density at radius 3 is 2.54 bits per heavy atom. The van der Waals surface area contributed by atoms with Crippen molar-refractivity contribution in [1.82, 2.24) is 4.90 Å². The van der Waals surface area contributed by atoms with E-state index in [0.717, 1.165) is 11.3 Å². The number of amides is 1. The molecule has 0 aliphatic heterocycles. The summed E-state index contributed by atoms with van der Waals surface area (Å²) in [4.78, 5) is 13.1. The van der Waals surface area contributed by atoms with Crippen molar-refractivity contribution in [3.05, 3.63) is 54.1 Å². The lowest BCUT2D eigenvalue weighted by atomic mass is 10.2. The number of aryl methyl sites for hydroxylation is 1. The molecular weight excluding hydrogens is 306 g/mol. The van der Waals surface area contributed by atoms with Crippen LogP contribution in [0.3, 0.4) is 0 Å². The van der Waals surface area contributed by atoms with E-state index in [0.29, 0.717) is 31.3 Å². The highest BCUT2D eigenvalue weighted by atomic mass is 16.6. The molecule has 2 aromatic rings. The standard InChI is InChI=1S/C19H23NO4/c1-4-22-19(21)20(3)12-13-23-18-14-15(2)10-11-17(18)24-16-8-6-5-7-9-16/h5-11,14H,4,12-13H2,1-3H3. The molecule has 2 aromatic carbocycles. The van der Waals surface area contributed by atoms with E-state index in [2.05, 4.69) is 0 Å². The number of hydrogen-bond donors (Lipinski definition) is 0. The Morgan fingerprint density at radius 1 is 1.08 bits per heavy atom. The molecule has 0 spiro atoms. The van der Waals surface area contributed by atoms with Gasteiger partial charge in [0.1, 0.15) is 12.4 Å². The van der Waals surface area contributed by atoms with E-state index >= 15 is 0 Å². The summed E-state index contributed by atoms with van der Waals surface area (Å²) in [5, 5.41) is 0. The van der Waals surface area contributed by atoms with E-state index in [1.54, 1.807) is 14.0 Å². The maximum absolute atomic E-state index is 11.6. The van der Waals surface area contributed by atoms with E-state index in [-0.39, 0.29) is 6.09 Å². The van der Waals surface area contributed by atoms with Crippen LogP contribution in [0.25, 0.3) is 0 Å². The van der Waals surface area contributed by atoms with Crippen LogP contribution < -0.4 is 9.47 Å². The molecule has 0 atom stereocenters. The summed E-state index contributed by atoms with van der Waals surface area (Å²) in [6.45, 7) is 4.91. The third-order valence-electron chi connectivity index (χ3n) is 3.33. The second-order valence-electron chi connectivity index (χ2n) is 5.33. The van der Waals surface area contributed by atoms with E-state index in [9.17, 15) is 4.79 Å². The number of nitrogens with zero attached hydrogens (tertiary/aromatic N) is 1. The number of hydrogen-bond acceptors (Lipinski definition) is 4. The van der Waals surface area contributed by atoms with Gasteiger partial charge >= 0.3 is 6.09 Å². The number of carbonyl (C=O) groups is 1. The number of rotatable bonds is 7. The lowest BCUT2D eigenvalue weighted by Gasteiger charge is -2.18. The average Bonchev–Trinajstić information content (AvgIpc) is 2.58. The van der Waals surface area contributed by atoms with Crippen molar-refractivity contribution in [3.8, 4) is 17.2 Å². The van der Waals surface area contributed by atoms with Crippen LogP contribution in [-0.2, 0) is 4.74 Å². The molecule has 0 fully saturated rings. The summed E-state index contributed by atoms with van der Waals surface area (Å²) in [7, 11) is 1.68. The number of likely N-dealkylation sites (N-methyl/N-ethyl adjacent to an activating group) is 1. The molecule has 0 aliphatic carbocycles. The van der Waals surface area contributed by atoms with Gasteiger partial charge in [-0.3, -0.25) is 0 Å². The topological polar surface area (TPSA) is 48.0 Å². The van der Waals surface area contributed by atoms with Gasteiger partial charge in [-0.05, 0) is 43.7 Å². The Kier molecular flexibility index (Phi) is 6.49. The van der Waals surface area contributed by atoms with Crippen molar-refractivity contribution >= 4 is 6.09 Å². The first-order chi connectivity index (χ1) is 11.6. The van der Waals surface area contributed by atoms with Crippen LogP contribution >= 0.6 is 0 Å². The molecule has 5 heteroatoms. The second kappa shape index (κ2) is 8.82. The minimum absolute atomic E-state index is 0.351. The van der Waals surface area contributed by atoms with Crippen LogP contribution in [0.5, 0.6) is 17.2 Å². The fourth-order valence-corrected chi connectivity index (χ4v) is 2.05. The molecular formula is C19H23NO4. The van der Waals surface area contributed by atoms with Crippen LogP contribution in [0.15, 0.2) is 48.5 Å². The zero-order chi connectivity index (χ0) is 17.4. The molecule has 0 saturated heterocycles. The van der Waals surface area contributed by atoms with Gasteiger partial charge in [-0.2, -0.15) is 0 Å². The minimum Gasteiger partial charge on any atom is -0.488 e. The third kappa shape index (κ3) is 5.19. The van der Waals surface area contributed by atoms with Gasteiger partial charge in [-0.15, -0.1) is 0 Å². The van der Waals surface area contributed by atoms with Gasteiger partial charge in [0, 0.05) is 7.05 Å². The van der Waals surface area contributed by atoms with E-state index in [1.807, 2.05) is 55.5 Å². The molecule has 0 bridgehead atoms. The van der Waals surface area contributed by atoms with Crippen molar-refractivity contribution in [2.45, 2.75) is 13.8 Å². The molecule has 0 unspecified atom stereocenters. The lowest BCUT2D eigenvalue weighted by Crippen LogP contribution is -2.31. The largest absolute Gasteiger partial charge is 0.488 e. The van der Waals surface area contributed by atoms with Crippen molar-refractivity contribution in [2.24, 2.45) is 0 Å². The van der Waals surface area contributed by atoms with E-state index < -0.39 is 0 Å². The number of para-hydroxylation sites is 1. The summed E-state index contributed by atoms with van der Waals surface area (Å²) < 4.78 is 16.6. The highest BCUT2D eigenvalue weighted by Gasteiger charge is 2.11. The van der Waals surface area contributed by atoms with Crippen molar-refractivity contribution in [2.75, 3.05) is 26.8 Å². The first kappa shape index (κ1) is 17.7. The highest BCUT2D eigenvalue weighted by molar-refractivity contribution is 5.67. The molecule has 24 heavy (non-hydrogen) atoms. The molecule has 0 aromatic heterocycles. The van der Waals surface area contributed by atoms with E-state index in [1.165, 1.54) is 4.90 Å². The van der Waals surface area contributed by atoms with Gasteiger partial charge in [-0.1, -0.05) is 24.3 Å². The first-order valence-corrected chi connectivity index (χ1v) is 7.94. The maximum atomic E-state index is 11.6. The monoisotopic (exact) mass is 329 g/mol. The Hall–Kier alpha value is -2.69. The smallest absolute Gasteiger partial charge is 0.409 e. The highest BCUT2D eigenvalue weighted by Crippen LogP contribution is 2.32. The minimum atomic E-state index is -0.355. The van der Waals surface area contributed by atoms with Gasteiger partial charge in [0.25, 0.3) is 0 Å². The lowest BCUT2D eigenvalue weighted by molar-refractivity contribution is 0.110. The summed E-state index contributed by atoms with van der Waals surface area (Å²) >= 11 is 0. The predicted molar refractivity (Wildman–Crippen MR) is 92.8 cm³/mol. The predicted octanol–water partition coefficient (Wildman–Crippen LogP) is 4.25. The number of ether oxygens (including phenoxy) is 3. The molecule has 0 saturated carbocycles.